The molecular weight excluding hydrogens is 428 g/mol. The highest BCUT2D eigenvalue weighted by atomic mass is 16.5. The van der Waals surface area contributed by atoms with Crippen molar-refractivity contribution < 1.29 is 19.1 Å². The molecule has 0 radical (unpaired) electrons. The summed E-state index contributed by atoms with van der Waals surface area (Å²) in [5, 5.41) is 0. The van der Waals surface area contributed by atoms with E-state index in [-0.39, 0.29) is 23.6 Å². The second-order valence-corrected chi connectivity index (χ2v) is 10.6. The summed E-state index contributed by atoms with van der Waals surface area (Å²) in [6.07, 6.45) is 2.07. The van der Waals surface area contributed by atoms with Crippen LogP contribution in [0.1, 0.15) is 38.8 Å². The van der Waals surface area contributed by atoms with Gasteiger partial charge >= 0.3 is 0 Å². The van der Waals surface area contributed by atoms with E-state index in [9.17, 15) is 14.4 Å². The first-order chi connectivity index (χ1) is 16.0. The summed E-state index contributed by atoms with van der Waals surface area (Å²) >= 11 is 0. The molecule has 4 atom stereocenters. The Morgan fingerprint density at radius 3 is 2.21 bits per heavy atom. The number of anilines is 2. The maximum atomic E-state index is 13.9. The first kappa shape index (κ1) is 22.4. The number of hydrogen-bond donors (Lipinski definition) is 0. The zero-order chi connectivity index (χ0) is 24.5. The number of carbonyl (C=O) groups is 3. The first-order valence-corrected chi connectivity index (χ1v) is 11.7. The van der Waals surface area contributed by atoms with E-state index in [1.165, 1.54) is 4.90 Å². The zero-order valence-electron chi connectivity index (χ0n) is 20.5. The Labute approximate surface area is 200 Å². The molecule has 3 aliphatic heterocycles. The monoisotopic (exact) mass is 458 g/mol. The highest BCUT2D eigenvalue weighted by Crippen LogP contribution is 2.51. The summed E-state index contributed by atoms with van der Waals surface area (Å²) in [7, 11) is 1.57. The molecule has 2 fully saturated rings. The summed E-state index contributed by atoms with van der Waals surface area (Å²) in [5.41, 5.74) is 4.00. The lowest BCUT2D eigenvalue weighted by Crippen LogP contribution is -2.51. The first-order valence-electron chi connectivity index (χ1n) is 11.7. The van der Waals surface area contributed by atoms with Crippen molar-refractivity contribution in [2.75, 3.05) is 16.9 Å². The number of carbonyl (C=O) groups excluding carboxylic acids is 3. The van der Waals surface area contributed by atoms with E-state index in [1.54, 1.807) is 31.4 Å². The van der Waals surface area contributed by atoms with Gasteiger partial charge < -0.3 is 9.64 Å². The van der Waals surface area contributed by atoms with Crippen molar-refractivity contribution in [3.8, 4) is 5.75 Å². The van der Waals surface area contributed by atoms with Crippen LogP contribution in [0.3, 0.4) is 0 Å². The minimum absolute atomic E-state index is 0.0257. The van der Waals surface area contributed by atoms with E-state index in [1.807, 2.05) is 51.7 Å². The number of fused-ring (bicyclic) bond motifs is 5. The molecule has 0 bridgehead atoms. The quantitative estimate of drug-likeness (QED) is 0.638. The van der Waals surface area contributed by atoms with Crippen molar-refractivity contribution in [3.05, 3.63) is 59.7 Å². The molecule has 0 saturated carbocycles. The molecule has 2 aromatic rings. The Balaban J connectivity index is 1.66. The average molecular weight is 459 g/mol. The Morgan fingerprint density at radius 1 is 0.941 bits per heavy atom. The van der Waals surface area contributed by atoms with Crippen LogP contribution < -0.4 is 14.5 Å². The van der Waals surface area contributed by atoms with Gasteiger partial charge in [0.05, 0.1) is 30.7 Å². The molecule has 0 aromatic heterocycles. The van der Waals surface area contributed by atoms with Crippen molar-refractivity contribution in [1.82, 2.24) is 0 Å². The van der Waals surface area contributed by atoms with Crippen LogP contribution >= 0.6 is 0 Å². The number of methoxy groups -OCH3 is 1. The molecule has 2 aromatic carbocycles. The lowest BCUT2D eigenvalue weighted by Gasteiger charge is -2.39. The molecule has 6 nitrogen and oxygen atoms in total. The van der Waals surface area contributed by atoms with Gasteiger partial charge in [-0.2, -0.15) is 0 Å². The minimum atomic E-state index is -0.734. The topological polar surface area (TPSA) is 66.9 Å². The predicted molar refractivity (Wildman–Crippen MR) is 132 cm³/mol. The van der Waals surface area contributed by atoms with Crippen LogP contribution in [0.5, 0.6) is 5.75 Å². The molecule has 34 heavy (non-hydrogen) atoms. The SMILES string of the molecule is COc1ccc(N2C(=O)[C@@H]3[C@H](C2=O)[C@@H](C(=O)C(C)(C)C)N2c4ccc(C)cc4C(C)=C[C@H]32)cc1. The lowest BCUT2D eigenvalue weighted by atomic mass is 9.79. The molecule has 0 unspecified atom stereocenters. The van der Waals surface area contributed by atoms with Gasteiger partial charge in [-0.1, -0.05) is 38.5 Å². The van der Waals surface area contributed by atoms with Gasteiger partial charge in [0.25, 0.3) is 0 Å². The Hall–Kier alpha value is -3.41. The lowest BCUT2D eigenvalue weighted by molar-refractivity contribution is -0.132. The predicted octanol–water partition coefficient (Wildman–Crippen LogP) is 4.40. The number of nitrogens with zero attached hydrogens (tertiary/aromatic N) is 2. The van der Waals surface area contributed by atoms with Gasteiger partial charge in [-0.3, -0.25) is 14.4 Å². The van der Waals surface area contributed by atoms with Crippen LogP contribution in [-0.2, 0) is 14.4 Å². The maximum Gasteiger partial charge on any atom is 0.240 e. The van der Waals surface area contributed by atoms with E-state index >= 15 is 0 Å². The number of aryl methyl sites for hydroxylation is 1. The molecule has 2 saturated heterocycles. The molecule has 3 aliphatic rings. The average Bonchev–Trinajstić information content (AvgIpc) is 3.25. The molecule has 0 N–H and O–H groups in total. The number of ketones is 1. The van der Waals surface area contributed by atoms with Gasteiger partial charge in [-0.25, -0.2) is 4.90 Å². The van der Waals surface area contributed by atoms with Gasteiger partial charge in [0.15, 0.2) is 5.78 Å². The standard InChI is InChI=1S/C28H30N2O4/c1-15-7-12-20-19(13-15)16(2)14-21-22-23(24(30(20)21)25(31)28(3,4)5)27(33)29(26(22)32)17-8-10-18(34-6)11-9-17/h7-14,21-24H,1-6H3/t21-,22+,23+,24+/m1/s1. The summed E-state index contributed by atoms with van der Waals surface area (Å²) in [4.78, 5) is 44.8. The molecule has 3 heterocycles. The third kappa shape index (κ3) is 3.11. The zero-order valence-corrected chi connectivity index (χ0v) is 20.5. The van der Waals surface area contributed by atoms with Gasteiger partial charge in [0.1, 0.15) is 11.8 Å². The summed E-state index contributed by atoms with van der Waals surface area (Å²) in [5.74, 6) is -1.29. The summed E-state index contributed by atoms with van der Waals surface area (Å²) in [6.45, 7) is 9.70. The van der Waals surface area contributed by atoms with Gasteiger partial charge in [-0.15, -0.1) is 0 Å². The van der Waals surface area contributed by atoms with Crippen LogP contribution in [0, 0.1) is 24.2 Å². The normalized spacial score (nSPS) is 25.6. The van der Waals surface area contributed by atoms with Crippen LogP contribution in [0.2, 0.25) is 0 Å². The Kier molecular flexibility index (Phi) is 4.97. The van der Waals surface area contributed by atoms with Crippen LogP contribution in [0.4, 0.5) is 11.4 Å². The maximum absolute atomic E-state index is 13.9. The molecule has 5 rings (SSSR count). The molecule has 2 amide bonds. The fourth-order valence-corrected chi connectivity index (χ4v) is 5.69. The van der Waals surface area contributed by atoms with E-state index in [4.69, 9.17) is 4.74 Å². The van der Waals surface area contributed by atoms with E-state index < -0.39 is 23.3 Å². The second-order valence-electron chi connectivity index (χ2n) is 10.6. The largest absolute Gasteiger partial charge is 0.497 e. The van der Waals surface area contributed by atoms with Crippen molar-refractivity contribution in [2.24, 2.45) is 17.3 Å². The molecular formula is C28H30N2O4. The molecule has 0 spiro atoms. The van der Waals surface area contributed by atoms with Gasteiger partial charge in [0.2, 0.25) is 11.8 Å². The van der Waals surface area contributed by atoms with Crippen LogP contribution in [0.25, 0.3) is 5.57 Å². The fourth-order valence-electron chi connectivity index (χ4n) is 5.69. The smallest absolute Gasteiger partial charge is 0.240 e. The third-order valence-electron chi connectivity index (χ3n) is 7.34. The van der Waals surface area contributed by atoms with Crippen molar-refractivity contribution >= 4 is 34.5 Å². The number of Topliss-reactive ketones (excluding diaryl/α,β-unsaturated/α-hetero) is 1. The minimum Gasteiger partial charge on any atom is -0.497 e. The van der Waals surface area contributed by atoms with E-state index in [2.05, 4.69) is 12.1 Å². The second kappa shape index (κ2) is 7.55. The molecule has 176 valence electrons. The molecule has 0 aliphatic carbocycles. The Bertz CT molecular complexity index is 1240. The third-order valence-corrected chi connectivity index (χ3v) is 7.34. The summed E-state index contributed by atoms with van der Waals surface area (Å²) in [6, 6.07) is 12.0. The fraction of sp³-hybridized carbons (Fsp3) is 0.393. The highest BCUT2D eigenvalue weighted by molar-refractivity contribution is 6.25. The number of amides is 2. The van der Waals surface area contributed by atoms with Gasteiger partial charge in [-0.05, 0) is 55.8 Å². The highest BCUT2D eigenvalue weighted by Gasteiger charge is 2.65. The van der Waals surface area contributed by atoms with Crippen molar-refractivity contribution in [3.63, 3.8) is 0 Å². The number of imide groups is 1. The number of hydrogen-bond acceptors (Lipinski definition) is 5. The van der Waals surface area contributed by atoms with Crippen molar-refractivity contribution in [2.45, 2.75) is 46.7 Å². The number of allylic oxidation sites excluding steroid dienone is 1. The number of benzene rings is 2. The van der Waals surface area contributed by atoms with E-state index in [0.717, 1.165) is 22.4 Å². The van der Waals surface area contributed by atoms with E-state index in [0.29, 0.717) is 11.4 Å². The Morgan fingerprint density at radius 2 is 1.59 bits per heavy atom. The van der Waals surface area contributed by atoms with Crippen LogP contribution in [0.15, 0.2) is 48.5 Å². The molecule has 6 heteroatoms. The van der Waals surface area contributed by atoms with Crippen molar-refractivity contribution in [1.29, 1.82) is 0 Å². The van der Waals surface area contributed by atoms with Gasteiger partial charge in [0, 0.05) is 16.7 Å². The van der Waals surface area contributed by atoms with Crippen LogP contribution in [-0.4, -0.2) is 36.8 Å². The number of ether oxygens (including phenoxy) is 1. The summed E-state index contributed by atoms with van der Waals surface area (Å²) < 4.78 is 5.22. The number of rotatable bonds is 3.